The molecule has 3 aromatic rings. The van der Waals surface area contributed by atoms with E-state index in [1.54, 1.807) is 6.92 Å². The number of rotatable bonds is 4. The zero-order valence-electron chi connectivity index (χ0n) is 13.4. The molecule has 2 aromatic carbocycles. The summed E-state index contributed by atoms with van der Waals surface area (Å²) >= 11 is 0. The summed E-state index contributed by atoms with van der Waals surface area (Å²) in [7, 11) is -3.74. The summed E-state index contributed by atoms with van der Waals surface area (Å²) in [6.45, 7) is 1.78. The van der Waals surface area contributed by atoms with Crippen LogP contribution in [0.3, 0.4) is 0 Å². The molecule has 0 saturated heterocycles. The first-order valence-corrected chi connectivity index (χ1v) is 8.95. The SMILES string of the molecule is Cc1[nH]n(-c2ccccc2)c(=O)c1C=Nc1ccc(S(N)(=O)=O)cc1. The summed E-state index contributed by atoms with van der Waals surface area (Å²) in [6.07, 6.45) is 1.46. The molecule has 3 N–H and O–H groups in total. The average Bonchev–Trinajstić information content (AvgIpc) is 2.88. The number of hydrogen-bond acceptors (Lipinski definition) is 4. The predicted octanol–water partition coefficient (Wildman–Crippen LogP) is 1.87. The van der Waals surface area contributed by atoms with E-state index >= 15 is 0 Å². The molecule has 1 heterocycles. The highest BCUT2D eigenvalue weighted by Crippen LogP contribution is 2.15. The van der Waals surface area contributed by atoms with Gasteiger partial charge >= 0.3 is 0 Å². The van der Waals surface area contributed by atoms with Crippen molar-refractivity contribution in [2.45, 2.75) is 11.8 Å². The number of aliphatic imine (C=N–C) groups is 1. The normalized spacial score (nSPS) is 11.9. The van der Waals surface area contributed by atoms with Crippen molar-refractivity contribution in [1.82, 2.24) is 9.78 Å². The number of sulfonamides is 1. The average molecular weight is 356 g/mol. The maximum absolute atomic E-state index is 12.5. The van der Waals surface area contributed by atoms with E-state index in [4.69, 9.17) is 5.14 Å². The molecule has 0 fully saturated rings. The fraction of sp³-hybridized carbons (Fsp3) is 0.0588. The minimum Gasteiger partial charge on any atom is -0.295 e. The second kappa shape index (κ2) is 6.50. The lowest BCUT2D eigenvalue weighted by molar-refractivity contribution is 0.598. The highest BCUT2D eigenvalue weighted by Gasteiger charge is 2.10. The van der Waals surface area contributed by atoms with Crippen LogP contribution in [0.2, 0.25) is 0 Å². The Hall–Kier alpha value is -2.97. The van der Waals surface area contributed by atoms with Gasteiger partial charge in [-0.25, -0.2) is 18.2 Å². The van der Waals surface area contributed by atoms with Crippen LogP contribution in [0.4, 0.5) is 5.69 Å². The largest absolute Gasteiger partial charge is 0.295 e. The molecule has 0 saturated carbocycles. The Kier molecular flexibility index (Phi) is 4.39. The molecule has 8 heteroatoms. The van der Waals surface area contributed by atoms with Crippen LogP contribution in [0.15, 0.2) is 69.3 Å². The Bertz CT molecular complexity index is 1080. The lowest BCUT2D eigenvalue weighted by Crippen LogP contribution is -2.17. The topological polar surface area (TPSA) is 110 Å². The summed E-state index contributed by atoms with van der Waals surface area (Å²) in [5, 5.41) is 8.07. The van der Waals surface area contributed by atoms with Crippen LogP contribution in [0.1, 0.15) is 11.3 Å². The highest BCUT2D eigenvalue weighted by molar-refractivity contribution is 7.89. The van der Waals surface area contributed by atoms with Gasteiger partial charge in [0, 0.05) is 11.9 Å². The smallest absolute Gasteiger partial charge is 0.280 e. The number of aromatic nitrogens is 2. The molecule has 25 heavy (non-hydrogen) atoms. The van der Waals surface area contributed by atoms with Crippen LogP contribution in [0.25, 0.3) is 5.69 Å². The second-order valence-electron chi connectivity index (χ2n) is 5.42. The van der Waals surface area contributed by atoms with E-state index in [0.717, 1.165) is 5.69 Å². The standard InChI is InChI=1S/C17H16N4O3S/c1-12-16(17(22)21(20-12)14-5-3-2-4-6-14)11-19-13-7-9-15(10-8-13)25(18,23)24/h2-11,20H,1H3,(H2,18,23,24). The van der Waals surface area contributed by atoms with Gasteiger partial charge in [0.2, 0.25) is 10.0 Å². The molecular weight excluding hydrogens is 340 g/mol. The molecule has 0 unspecified atom stereocenters. The maximum Gasteiger partial charge on any atom is 0.280 e. The van der Waals surface area contributed by atoms with Crippen LogP contribution in [-0.2, 0) is 10.0 Å². The van der Waals surface area contributed by atoms with Gasteiger partial charge in [-0.1, -0.05) is 18.2 Å². The number of nitrogens with one attached hydrogen (secondary N) is 1. The van der Waals surface area contributed by atoms with Crippen LogP contribution in [-0.4, -0.2) is 24.4 Å². The molecule has 1 aromatic heterocycles. The number of nitrogens with two attached hydrogens (primary N) is 1. The van der Waals surface area contributed by atoms with Crippen LogP contribution in [0, 0.1) is 6.92 Å². The number of benzene rings is 2. The number of aromatic amines is 1. The van der Waals surface area contributed by atoms with Crippen LogP contribution >= 0.6 is 0 Å². The number of hydrogen-bond donors (Lipinski definition) is 2. The molecule has 0 radical (unpaired) electrons. The van der Waals surface area contributed by atoms with Gasteiger partial charge in [-0.15, -0.1) is 0 Å². The Morgan fingerprint density at radius 2 is 1.72 bits per heavy atom. The van der Waals surface area contributed by atoms with Crippen molar-refractivity contribution in [3.05, 3.63) is 76.2 Å². The van der Waals surface area contributed by atoms with Gasteiger partial charge in [0.25, 0.3) is 5.56 Å². The Labute approximate surface area is 144 Å². The number of primary sulfonamides is 1. The summed E-state index contributed by atoms with van der Waals surface area (Å²) in [6, 6.07) is 15.0. The van der Waals surface area contributed by atoms with E-state index < -0.39 is 10.0 Å². The minimum atomic E-state index is -3.74. The van der Waals surface area contributed by atoms with Crippen LogP contribution in [0.5, 0.6) is 0 Å². The fourth-order valence-electron chi connectivity index (χ4n) is 2.33. The molecule has 0 atom stereocenters. The summed E-state index contributed by atoms with van der Waals surface area (Å²) in [5.41, 5.74) is 2.14. The van der Waals surface area contributed by atoms with Gasteiger partial charge in [-0.05, 0) is 43.3 Å². The quantitative estimate of drug-likeness (QED) is 0.696. The Balaban J connectivity index is 1.92. The first kappa shape index (κ1) is 16.9. The third-order valence-corrected chi connectivity index (χ3v) is 4.57. The molecule has 3 rings (SSSR count). The number of H-pyrrole nitrogens is 1. The molecule has 128 valence electrons. The van der Waals surface area contributed by atoms with Crippen molar-refractivity contribution in [2.75, 3.05) is 0 Å². The lowest BCUT2D eigenvalue weighted by Gasteiger charge is -1.99. The van der Waals surface area contributed by atoms with Crippen molar-refractivity contribution in [3.63, 3.8) is 0 Å². The molecule has 0 aliphatic carbocycles. The second-order valence-corrected chi connectivity index (χ2v) is 6.99. The van der Waals surface area contributed by atoms with E-state index in [0.29, 0.717) is 16.9 Å². The van der Waals surface area contributed by atoms with Gasteiger partial charge < -0.3 is 0 Å². The molecule has 0 amide bonds. The van der Waals surface area contributed by atoms with Crippen LogP contribution < -0.4 is 10.7 Å². The minimum absolute atomic E-state index is 0.00992. The van der Waals surface area contributed by atoms with E-state index in [2.05, 4.69) is 10.1 Å². The third-order valence-electron chi connectivity index (χ3n) is 3.64. The van der Waals surface area contributed by atoms with E-state index in [9.17, 15) is 13.2 Å². The Morgan fingerprint density at radius 3 is 2.32 bits per heavy atom. The van der Waals surface area contributed by atoms with Crippen molar-refractivity contribution in [1.29, 1.82) is 0 Å². The molecule has 0 aliphatic heterocycles. The predicted molar refractivity (Wildman–Crippen MR) is 96.2 cm³/mol. The first-order chi connectivity index (χ1) is 11.9. The van der Waals surface area contributed by atoms with Crippen molar-refractivity contribution in [3.8, 4) is 5.69 Å². The summed E-state index contributed by atoms with van der Waals surface area (Å²) in [4.78, 5) is 16.8. The fourth-order valence-corrected chi connectivity index (χ4v) is 2.85. The van der Waals surface area contributed by atoms with Crippen molar-refractivity contribution < 1.29 is 8.42 Å². The summed E-state index contributed by atoms with van der Waals surface area (Å²) in [5.74, 6) is 0. The van der Waals surface area contributed by atoms with Gasteiger partial charge in [0.1, 0.15) is 0 Å². The summed E-state index contributed by atoms with van der Waals surface area (Å²) < 4.78 is 23.9. The van der Waals surface area contributed by atoms with Gasteiger partial charge in [-0.2, -0.15) is 0 Å². The third kappa shape index (κ3) is 3.59. The zero-order chi connectivity index (χ0) is 18.0. The van der Waals surface area contributed by atoms with E-state index in [1.165, 1.54) is 35.2 Å². The van der Waals surface area contributed by atoms with Gasteiger partial charge in [0.05, 0.1) is 21.8 Å². The Morgan fingerprint density at radius 1 is 1.08 bits per heavy atom. The number of nitrogens with zero attached hydrogens (tertiary/aromatic N) is 2. The monoisotopic (exact) mass is 356 g/mol. The first-order valence-electron chi connectivity index (χ1n) is 7.40. The number of aryl methyl sites for hydroxylation is 1. The molecule has 0 bridgehead atoms. The zero-order valence-corrected chi connectivity index (χ0v) is 14.2. The molecular formula is C17H16N4O3S. The number of para-hydroxylation sites is 1. The highest BCUT2D eigenvalue weighted by atomic mass is 32.2. The van der Waals surface area contributed by atoms with Crippen molar-refractivity contribution in [2.24, 2.45) is 10.1 Å². The van der Waals surface area contributed by atoms with Crippen molar-refractivity contribution >= 4 is 21.9 Å². The van der Waals surface area contributed by atoms with Gasteiger partial charge in [-0.3, -0.25) is 14.9 Å². The maximum atomic E-state index is 12.5. The van der Waals surface area contributed by atoms with Gasteiger partial charge in [0.15, 0.2) is 0 Å². The van der Waals surface area contributed by atoms with E-state index in [-0.39, 0.29) is 10.5 Å². The van der Waals surface area contributed by atoms with E-state index in [1.807, 2.05) is 30.3 Å². The lowest BCUT2D eigenvalue weighted by atomic mass is 10.2. The molecule has 0 spiro atoms. The molecule has 7 nitrogen and oxygen atoms in total. The molecule has 0 aliphatic rings.